The molecule has 1 fully saturated rings. The third-order valence-electron chi connectivity index (χ3n) is 6.12. The summed E-state index contributed by atoms with van der Waals surface area (Å²) < 4.78 is 44.6. The number of carbonyl (C=O) groups is 1. The Bertz CT molecular complexity index is 873. The number of aryl methyl sites for hydroxylation is 1. The molecule has 4 rings (SSSR count). The average molecular weight is 352 g/mol. The van der Waals surface area contributed by atoms with E-state index in [0.717, 1.165) is 16.0 Å². The maximum atomic E-state index is 13.0. The van der Waals surface area contributed by atoms with Crippen LogP contribution in [-0.2, 0) is 16.6 Å². The first-order chi connectivity index (χ1) is 11.6. The van der Waals surface area contributed by atoms with Crippen molar-refractivity contribution >= 4 is 17.0 Å². The average Bonchev–Trinajstić information content (AvgIpc) is 2.87. The molecule has 3 unspecified atom stereocenters. The predicted octanol–water partition coefficient (Wildman–Crippen LogP) is 3.75. The maximum Gasteiger partial charge on any atom is 0.471 e. The number of likely N-dealkylation sites (tertiary alicyclic amines) is 1. The van der Waals surface area contributed by atoms with E-state index in [2.05, 4.69) is 11.9 Å². The molecule has 1 aromatic carbocycles. The van der Waals surface area contributed by atoms with Crippen LogP contribution in [0, 0.1) is 12.8 Å². The van der Waals surface area contributed by atoms with E-state index in [1.807, 2.05) is 19.1 Å². The predicted molar refractivity (Wildman–Crippen MR) is 85.1 cm³/mol. The van der Waals surface area contributed by atoms with Crippen molar-refractivity contribution in [2.75, 3.05) is 6.54 Å². The molecule has 7 heteroatoms. The van der Waals surface area contributed by atoms with E-state index in [-0.39, 0.29) is 17.9 Å². The van der Waals surface area contributed by atoms with Gasteiger partial charge in [-0.15, -0.1) is 0 Å². The fourth-order valence-electron chi connectivity index (χ4n) is 4.58. The number of benzene rings is 1. The summed E-state index contributed by atoms with van der Waals surface area (Å²) in [6.45, 7) is 5.91. The van der Waals surface area contributed by atoms with Crippen molar-refractivity contribution in [2.45, 2.75) is 51.2 Å². The second-order valence-electron chi connectivity index (χ2n) is 7.43. The summed E-state index contributed by atoms with van der Waals surface area (Å²) in [6.07, 6.45) is -3.92. The summed E-state index contributed by atoms with van der Waals surface area (Å²) in [5, 5.41) is 0. The van der Waals surface area contributed by atoms with Crippen LogP contribution in [0.3, 0.4) is 0 Å². The van der Waals surface area contributed by atoms with Gasteiger partial charge in [0.2, 0.25) is 0 Å². The highest BCUT2D eigenvalue weighted by molar-refractivity contribution is 5.83. The van der Waals surface area contributed by atoms with E-state index in [1.165, 1.54) is 0 Å². The molecule has 3 atom stereocenters. The second-order valence-corrected chi connectivity index (χ2v) is 7.43. The van der Waals surface area contributed by atoms with Gasteiger partial charge in [-0.05, 0) is 47.4 Å². The lowest BCUT2D eigenvalue weighted by molar-refractivity contribution is -0.192. The van der Waals surface area contributed by atoms with Gasteiger partial charge >= 0.3 is 12.1 Å². The molecule has 0 spiro atoms. The molecule has 4 nitrogen and oxygen atoms in total. The standard InChI is InChI=1S/C18H19F3N2O2/c1-9-14-7-11-6-13-15(25-10(2)22-13)8-12(11)17(9,3)4-5-23(14)16(24)18(19,20)21/h6,8-9,14H,4-5,7H2,1-3H3. The minimum atomic E-state index is -4.83. The quantitative estimate of drug-likeness (QED) is 0.725. The van der Waals surface area contributed by atoms with Crippen LogP contribution in [0.2, 0.25) is 0 Å². The van der Waals surface area contributed by atoms with Crippen LogP contribution in [0.15, 0.2) is 16.5 Å². The Hall–Kier alpha value is -2.05. The first-order valence-electron chi connectivity index (χ1n) is 8.39. The third-order valence-corrected chi connectivity index (χ3v) is 6.12. The summed E-state index contributed by atoms with van der Waals surface area (Å²) in [5.41, 5.74) is 3.21. The highest BCUT2D eigenvalue weighted by atomic mass is 19.4. The van der Waals surface area contributed by atoms with Crippen LogP contribution in [0.4, 0.5) is 13.2 Å². The largest absolute Gasteiger partial charge is 0.471 e. The summed E-state index contributed by atoms with van der Waals surface area (Å²) >= 11 is 0. The zero-order valence-corrected chi connectivity index (χ0v) is 14.3. The van der Waals surface area contributed by atoms with Crippen LogP contribution in [0.1, 0.15) is 37.3 Å². The van der Waals surface area contributed by atoms with Crippen LogP contribution in [0.25, 0.3) is 11.1 Å². The smallest absolute Gasteiger partial charge is 0.441 e. The molecule has 1 aliphatic heterocycles. The van der Waals surface area contributed by atoms with Crippen molar-refractivity contribution in [1.82, 2.24) is 9.88 Å². The normalized spacial score (nSPS) is 29.0. The topological polar surface area (TPSA) is 46.3 Å². The molecule has 0 saturated carbocycles. The van der Waals surface area contributed by atoms with E-state index in [9.17, 15) is 18.0 Å². The zero-order valence-electron chi connectivity index (χ0n) is 14.3. The second kappa shape index (κ2) is 4.99. The Morgan fingerprint density at radius 1 is 1.40 bits per heavy atom. The van der Waals surface area contributed by atoms with Gasteiger partial charge in [0.25, 0.3) is 0 Å². The molecule has 1 saturated heterocycles. The van der Waals surface area contributed by atoms with Crippen LogP contribution < -0.4 is 0 Å². The molecule has 1 aliphatic carbocycles. The van der Waals surface area contributed by atoms with Crippen molar-refractivity contribution in [1.29, 1.82) is 0 Å². The SMILES string of the molecule is Cc1nc2cc3c(cc2o1)C1(C)CCN(C(=O)C(F)(F)F)C(C3)C1C. The minimum absolute atomic E-state index is 0.0680. The number of rotatable bonds is 0. The molecular weight excluding hydrogens is 333 g/mol. The monoisotopic (exact) mass is 352 g/mol. The number of piperidine rings is 1. The van der Waals surface area contributed by atoms with E-state index < -0.39 is 18.1 Å². The third kappa shape index (κ3) is 2.28. The van der Waals surface area contributed by atoms with Gasteiger partial charge in [0.15, 0.2) is 11.5 Å². The van der Waals surface area contributed by atoms with Crippen molar-refractivity contribution in [3.8, 4) is 0 Å². The summed E-state index contributed by atoms with van der Waals surface area (Å²) in [7, 11) is 0. The van der Waals surface area contributed by atoms with Gasteiger partial charge in [0.1, 0.15) is 5.52 Å². The van der Waals surface area contributed by atoms with Crippen molar-refractivity contribution in [3.63, 3.8) is 0 Å². The summed E-state index contributed by atoms with van der Waals surface area (Å²) in [4.78, 5) is 17.2. The van der Waals surface area contributed by atoms with E-state index in [1.54, 1.807) is 6.92 Å². The summed E-state index contributed by atoms with van der Waals surface area (Å²) in [5.74, 6) is -1.23. The van der Waals surface area contributed by atoms with Crippen molar-refractivity contribution in [2.24, 2.45) is 5.92 Å². The number of hydrogen-bond acceptors (Lipinski definition) is 3. The Kier molecular flexibility index (Phi) is 3.28. The van der Waals surface area contributed by atoms with Crippen LogP contribution in [-0.4, -0.2) is 34.6 Å². The molecule has 2 heterocycles. The number of oxazole rings is 1. The molecule has 2 bridgehead atoms. The molecule has 0 N–H and O–H groups in total. The fourth-order valence-corrected chi connectivity index (χ4v) is 4.58. The number of nitrogens with zero attached hydrogens (tertiary/aromatic N) is 2. The Morgan fingerprint density at radius 2 is 2.12 bits per heavy atom. The molecule has 25 heavy (non-hydrogen) atoms. The van der Waals surface area contributed by atoms with Gasteiger partial charge in [-0.2, -0.15) is 13.2 Å². The number of fused-ring (bicyclic) bond motifs is 5. The van der Waals surface area contributed by atoms with Crippen molar-refractivity contribution in [3.05, 3.63) is 29.2 Å². The first kappa shape index (κ1) is 16.4. The maximum absolute atomic E-state index is 13.0. The van der Waals surface area contributed by atoms with Gasteiger partial charge in [-0.25, -0.2) is 4.98 Å². The fraction of sp³-hybridized carbons (Fsp3) is 0.556. The lowest BCUT2D eigenvalue weighted by Crippen LogP contribution is -2.61. The number of alkyl halides is 3. The van der Waals surface area contributed by atoms with Gasteiger partial charge in [0, 0.05) is 19.5 Å². The molecule has 1 amide bonds. The minimum Gasteiger partial charge on any atom is -0.441 e. The number of amides is 1. The Balaban J connectivity index is 1.82. The number of aromatic nitrogens is 1. The van der Waals surface area contributed by atoms with Gasteiger partial charge in [-0.1, -0.05) is 13.8 Å². The van der Waals surface area contributed by atoms with E-state index in [4.69, 9.17) is 4.42 Å². The molecule has 2 aliphatic rings. The highest BCUT2D eigenvalue weighted by Gasteiger charge is 2.54. The van der Waals surface area contributed by atoms with Gasteiger partial charge < -0.3 is 9.32 Å². The molecule has 134 valence electrons. The van der Waals surface area contributed by atoms with E-state index >= 15 is 0 Å². The first-order valence-corrected chi connectivity index (χ1v) is 8.39. The van der Waals surface area contributed by atoms with Gasteiger partial charge in [-0.3, -0.25) is 4.79 Å². The zero-order chi connectivity index (χ0) is 18.1. The van der Waals surface area contributed by atoms with Crippen LogP contribution >= 0.6 is 0 Å². The number of hydrogen-bond donors (Lipinski definition) is 0. The molecular formula is C18H19F3N2O2. The van der Waals surface area contributed by atoms with Gasteiger partial charge in [0.05, 0.1) is 0 Å². The van der Waals surface area contributed by atoms with E-state index in [0.29, 0.717) is 29.8 Å². The lowest BCUT2D eigenvalue weighted by atomic mass is 9.59. The molecule has 1 aromatic heterocycles. The highest BCUT2D eigenvalue weighted by Crippen LogP contribution is 2.50. The molecule has 2 aromatic rings. The Morgan fingerprint density at radius 3 is 2.80 bits per heavy atom. The lowest BCUT2D eigenvalue weighted by Gasteiger charge is -2.54. The Labute approximate surface area is 143 Å². The molecule has 0 radical (unpaired) electrons. The number of carbonyl (C=O) groups excluding carboxylic acids is 1. The summed E-state index contributed by atoms with van der Waals surface area (Å²) in [6, 6.07) is 3.43. The van der Waals surface area contributed by atoms with Crippen LogP contribution in [0.5, 0.6) is 0 Å². The number of halogens is 3. The van der Waals surface area contributed by atoms with Crippen molar-refractivity contribution < 1.29 is 22.4 Å².